The number of halogens is 1. The largest absolute Gasteiger partial charge is 0.469 e. The van der Waals surface area contributed by atoms with Gasteiger partial charge in [-0.1, -0.05) is 11.6 Å². The lowest BCUT2D eigenvalue weighted by molar-refractivity contribution is -0.146. The highest BCUT2D eigenvalue weighted by molar-refractivity contribution is 7.13. The molecule has 9 nitrogen and oxygen atoms in total. The van der Waals surface area contributed by atoms with Gasteiger partial charge in [0, 0.05) is 53.4 Å². The lowest BCUT2D eigenvalue weighted by atomic mass is 9.82. The van der Waals surface area contributed by atoms with Gasteiger partial charge in [0.1, 0.15) is 5.69 Å². The zero-order chi connectivity index (χ0) is 26.3. The molecule has 3 atom stereocenters. The molecule has 2 aliphatic rings. The number of likely N-dealkylation sites (N-methyl/N-ethyl adjacent to an activating group) is 1. The molecule has 1 saturated carbocycles. The summed E-state index contributed by atoms with van der Waals surface area (Å²) in [6.45, 7) is 1.71. The zero-order valence-corrected chi connectivity index (χ0v) is 22.6. The summed E-state index contributed by atoms with van der Waals surface area (Å²) in [4.78, 5) is 46.8. The molecular weight excluding hydrogens is 514 g/mol. The lowest BCUT2D eigenvalue weighted by Crippen LogP contribution is -2.55. The number of hydrogen-bond donors (Lipinski definition) is 2. The first kappa shape index (κ1) is 25.7. The van der Waals surface area contributed by atoms with Crippen LogP contribution in [0.2, 0.25) is 5.02 Å². The van der Waals surface area contributed by atoms with Crippen LogP contribution < -0.4 is 10.6 Å². The van der Waals surface area contributed by atoms with Crippen molar-refractivity contribution >= 4 is 51.6 Å². The first-order valence-electron chi connectivity index (χ1n) is 12.3. The third kappa shape index (κ3) is 5.23. The Hall–Kier alpha value is -2.95. The smallest absolute Gasteiger partial charge is 0.308 e. The number of ether oxygens (including phenoxy) is 1. The number of fused-ring (bicyclic) bond motifs is 2. The Bertz CT molecular complexity index is 1370. The fraction of sp³-hybridized carbons (Fsp3) is 0.462. The van der Waals surface area contributed by atoms with E-state index >= 15 is 0 Å². The molecule has 3 heterocycles. The summed E-state index contributed by atoms with van der Waals surface area (Å²) in [5.41, 5.74) is 2.34. The molecule has 0 radical (unpaired) electrons. The molecule has 2 amide bonds. The average Bonchev–Trinajstić information content (AvgIpc) is 3.44. The third-order valence-corrected chi connectivity index (χ3v) is 8.69. The topological polar surface area (TPSA) is 106 Å². The van der Waals surface area contributed by atoms with E-state index in [-0.39, 0.29) is 29.7 Å². The van der Waals surface area contributed by atoms with Crippen LogP contribution in [-0.4, -0.2) is 65.0 Å². The van der Waals surface area contributed by atoms with Crippen LogP contribution in [0.4, 0.5) is 0 Å². The van der Waals surface area contributed by atoms with Crippen molar-refractivity contribution in [1.82, 2.24) is 25.1 Å². The van der Waals surface area contributed by atoms with Crippen molar-refractivity contribution in [3.8, 4) is 0 Å². The maximum Gasteiger partial charge on any atom is 0.308 e. The Balaban J connectivity index is 1.35. The van der Waals surface area contributed by atoms with Gasteiger partial charge in [-0.05, 0) is 50.6 Å². The number of carbonyl (C=O) groups is 3. The fourth-order valence-electron chi connectivity index (χ4n) is 5.31. The molecule has 37 heavy (non-hydrogen) atoms. The number of methoxy groups -OCH3 is 1. The minimum absolute atomic E-state index is 0.248. The van der Waals surface area contributed by atoms with Gasteiger partial charge in [0.25, 0.3) is 11.8 Å². The highest BCUT2D eigenvalue weighted by atomic mass is 35.5. The van der Waals surface area contributed by atoms with Gasteiger partial charge < -0.3 is 24.8 Å². The van der Waals surface area contributed by atoms with Crippen LogP contribution in [0, 0.1) is 5.92 Å². The number of carbonyl (C=O) groups excluding carboxylic acids is 3. The van der Waals surface area contributed by atoms with Crippen LogP contribution in [0.3, 0.4) is 0 Å². The minimum atomic E-state index is -0.448. The number of amides is 2. The number of hydrogen-bond acceptors (Lipinski definition) is 7. The lowest BCUT2D eigenvalue weighted by Gasteiger charge is -2.35. The molecule has 1 aliphatic heterocycles. The van der Waals surface area contributed by atoms with Crippen LogP contribution in [0.15, 0.2) is 24.3 Å². The second kappa shape index (κ2) is 10.4. The highest BCUT2D eigenvalue weighted by Gasteiger charge is 2.37. The molecule has 3 aromatic rings. The van der Waals surface area contributed by atoms with Crippen molar-refractivity contribution in [1.29, 1.82) is 0 Å². The number of nitrogens with one attached hydrogen (secondary N) is 2. The van der Waals surface area contributed by atoms with Crippen LogP contribution in [-0.2, 0) is 29.5 Å². The molecule has 0 saturated heterocycles. The predicted molar refractivity (Wildman–Crippen MR) is 142 cm³/mol. The van der Waals surface area contributed by atoms with Crippen molar-refractivity contribution < 1.29 is 19.1 Å². The van der Waals surface area contributed by atoms with Gasteiger partial charge in [0.05, 0.1) is 24.8 Å². The third-order valence-electron chi connectivity index (χ3n) is 7.37. The summed E-state index contributed by atoms with van der Waals surface area (Å²) in [6, 6.07) is 6.48. The van der Waals surface area contributed by atoms with E-state index in [4.69, 9.17) is 16.3 Å². The average molecular weight is 544 g/mol. The van der Waals surface area contributed by atoms with Crippen molar-refractivity contribution in [2.24, 2.45) is 13.0 Å². The van der Waals surface area contributed by atoms with Crippen LogP contribution in [0.1, 0.15) is 50.1 Å². The molecule has 1 aliphatic carbocycles. The molecule has 2 N–H and O–H groups in total. The fourth-order valence-corrected chi connectivity index (χ4v) is 6.59. The molecule has 196 valence electrons. The summed E-state index contributed by atoms with van der Waals surface area (Å²) < 4.78 is 6.78. The molecule has 5 rings (SSSR count). The standard InChI is InChI=1S/C26H30ClN5O4S/c1-31-9-8-18-22(13-31)37-25(30-18)24(34)28-17-6-4-14(26(35)36-3)11-19(17)29-23(33)21-12-15-10-16(27)5-7-20(15)32(21)2/h5,7,10,12,14,17,19H,4,6,8-9,11,13H2,1-3H3,(H,28,34)(H,29,33)/t14-,17+,19-/m0/s1. The van der Waals surface area contributed by atoms with E-state index in [9.17, 15) is 14.4 Å². The second-order valence-corrected chi connectivity index (χ2v) is 11.4. The van der Waals surface area contributed by atoms with E-state index < -0.39 is 6.04 Å². The minimum Gasteiger partial charge on any atom is -0.469 e. The number of aryl methyl sites for hydroxylation is 1. The quantitative estimate of drug-likeness (QED) is 0.479. The van der Waals surface area contributed by atoms with Gasteiger partial charge in [-0.15, -0.1) is 11.3 Å². The Kier molecular flexibility index (Phi) is 7.24. The second-order valence-electron chi connectivity index (χ2n) is 9.86. The van der Waals surface area contributed by atoms with Gasteiger partial charge >= 0.3 is 5.97 Å². The summed E-state index contributed by atoms with van der Waals surface area (Å²) in [5.74, 6) is -1.18. The molecular formula is C26H30ClN5O4S. The van der Waals surface area contributed by atoms with E-state index in [1.165, 1.54) is 18.4 Å². The molecule has 11 heteroatoms. The van der Waals surface area contributed by atoms with Gasteiger partial charge in [-0.3, -0.25) is 14.4 Å². The maximum atomic E-state index is 13.4. The van der Waals surface area contributed by atoms with Crippen molar-refractivity contribution in [2.45, 2.75) is 44.3 Å². The number of nitrogens with zero attached hydrogens (tertiary/aromatic N) is 3. The monoisotopic (exact) mass is 543 g/mol. The Morgan fingerprint density at radius 2 is 1.89 bits per heavy atom. The number of rotatable bonds is 5. The predicted octanol–water partition coefficient (Wildman–Crippen LogP) is 3.15. The molecule has 0 unspecified atom stereocenters. The molecule has 0 spiro atoms. The molecule has 2 aromatic heterocycles. The SMILES string of the molecule is COC(=O)[C@H]1CC[C@@H](NC(=O)c2nc3c(s2)CN(C)CC3)[C@@H](NC(=O)c2cc3cc(Cl)ccc3n2C)C1. The van der Waals surface area contributed by atoms with Crippen LogP contribution in [0.25, 0.3) is 10.9 Å². The van der Waals surface area contributed by atoms with Crippen LogP contribution >= 0.6 is 22.9 Å². The zero-order valence-electron chi connectivity index (χ0n) is 21.0. The van der Waals surface area contributed by atoms with Gasteiger partial charge in [-0.25, -0.2) is 4.98 Å². The van der Waals surface area contributed by atoms with Crippen molar-refractivity contribution in [2.75, 3.05) is 20.7 Å². The molecule has 0 bridgehead atoms. The van der Waals surface area contributed by atoms with E-state index in [0.717, 1.165) is 41.0 Å². The van der Waals surface area contributed by atoms with Crippen LogP contribution in [0.5, 0.6) is 0 Å². The van der Waals surface area contributed by atoms with Gasteiger partial charge in [0.2, 0.25) is 0 Å². The number of esters is 1. The highest BCUT2D eigenvalue weighted by Crippen LogP contribution is 2.29. The van der Waals surface area contributed by atoms with Crippen molar-refractivity contribution in [3.63, 3.8) is 0 Å². The summed E-state index contributed by atoms with van der Waals surface area (Å²) in [5, 5.41) is 8.07. The van der Waals surface area contributed by atoms with Crippen molar-refractivity contribution in [3.05, 3.63) is 50.6 Å². The maximum absolute atomic E-state index is 13.4. The van der Waals surface area contributed by atoms with E-state index in [1.807, 2.05) is 23.7 Å². The molecule has 1 aromatic carbocycles. The van der Waals surface area contributed by atoms with Gasteiger partial charge in [-0.2, -0.15) is 0 Å². The first-order valence-corrected chi connectivity index (χ1v) is 13.5. The summed E-state index contributed by atoms with van der Waals surface area (Å²) >= 11 is 7.55. The number of aromatic nitrogens is 2. The summed E-state index contributed by atoms with van der Waals surface area (Å²) in [6.07, 6.45) is 2.30. The van der Waals surface area contributed by atoms with Gasteiger partial charge in [0.15, 0.2) is 5.01 Å². The Morgan fingerprint density at radius 1 is 1.11 bits per heavy atom. The number of benzene rings is 1. The van der Waals surface area contributed by atoms with E-state index in [1.54, 1.807) is 12.1 Å². The normalized spacial score (nSPS) is 21.9. The Labute approximate surface area is 224 Å². The summed E-state index contributed by atoms with van der Waals surface area (Å²) in [7, 11) is 5.25. The first-order chi connectivity index (χ1) is 17.7. The van der Waals surface area contributed by atoms with E-state index in [0.29, 0.717) is 35.0 Å². The Morgan fingerprint density at radius 3 is 2.68 bits per heavy atom. The molecule has 1 fully saturated rings. The number of thiazole rings is 1. The van der Waals surface area contributed by atoms with E-state index in [2.05, 4.69) is 27.6 Å².